The van der Waals surface area contributed by atoms with Crippen molar-refractivity contribution < 1.29 is 32.3 Å². The van der Waals surface area contributed by atoms with Crippen molar-refractivity contribution in [2.45, 2.75) is 68.2 Å². The Kier molecular flexibility index (Phi) is 10.4. The molecule has 2 N–H and O–H groups in total. The first-order valence-corrected chi connectivity index (χ1v) is 22.9. The number of nitrogens with zero attached hydrogens (tertiary/aromatic N) is 3. The van der Waals surface area contributed by atoms with Crippen LogP contribution < -0.4 is 19.1 Å². The zero-order valence-corrected chi connectivity index (χ0v) is 34.9. The molecule has 1 amide bonds. The number of carbonyl (C=O) groups excluding carboxylic acids is 1. The molecular weight excluding hydrogens is 807 g/mol. The largest absolute Gasteiger partial charge is 0.487 e. The molecule has 2 aromatic heterocycles. The van der Waals surface area contributed by atoms with Crippen LogP contribution in [0.15, 0.2) is 114 Å². The van der Waals surface area contributed by atoms with E-state index in [0.29, 0.717) is 23.4 Å². The molecule has 0 radical (unpaired) electrons. The Morgan fingerprint density at radius 3 is 2.42 bits per heavy atom. The van der Waals surface area contributed by atoms with Gasteiger partial charge in [0.2, 0.25) is 0 Å². The van der Waals surface area contributed by atoms with Crippen LogP contribution >= 0.6 is 0 Å². The number of carbonyl (C=O) groups is 1. The Bertz CT molecular complexity index is 2770. The molecule has 1 spiro atoms. The molecular formula is C48H47N5O8S. The van der Waals surface area contributed by atoms with E-state index in [0.717, 1.165) is 86.6 Å². The molecule has 14 heteroatoms. The number of aromatic nitrogens is 2. The number of nitro groups is 1. The fraction of sp³-hybridized carbons (Fsp3) is 0.333. The fourth-order valence-electron chi connectivity index (χ4n) is 9.41. The minimum Gasteiger partial charge on any atom is -0.487 e. The van der Waals surface area contributed by atoms with E-state index in [1.54, 1.807) is 24.4 Å². The second-order valence-electron chi connectivity index (χ2n) is 17.3. The number of hydrogen-bond acceptors (Lipinski definition) is 10. The van der Waals surface area contributed by atoms with E-state index in [9.17, 15) is 23.3 Å². The lowest BCUT2D eigenvalue weighted by Gasteiger charge is -2.46. The number of nitrogens with one attached hydrogen (secondary N) is 2. The summed E-state index contributed by atoms with van der Waals surface area (Å²) >= 11 is 0. The average molecular weight is 854 g/mol. The van der Waals surface area contributed by atoms with Gasteiger partial charge in [0.05, 0.1) is 47.4 Å². The smallest absolute Gasteiger partial charge is 0.312 e. The van der Waals surface area contributed by atoms with E-state index >= 15 is 0 Å². The van der Waals surface area contributed by atoms with Gasteiger partial charge in [-0.2, -0.15) is 0 Å². The lowest BCUT2D eigenvalue weighted by atomic mass is 9.69. The minimum atomic E-state index is -4.59. The predicted molar refractivity (Wildman–Crippen MR) is 234 cm³/mol. The van der Waals surface area contributed by atoms with E-state index in [4.69, 9.17) is 14.2 Å². The number of hydrogen-bond donors (Lipinski definition) is 2. The number of sulfonamides is 1. The summed E-state index contributed by atoms with van der Waals surface area (Å²) in [6, 6.07) is 29.5. The molecule has 4 aromatic carbocycles. The first-order chi connectivity index (χ1) is 30.1. The van der Waals surface area contributed by atoms with Crippen LogP contribution in [0, 0.1) is 21.4 Å². The predicted octanol–water partition coefficient (Wildman–Crippen LogP) is 9.85. The highest BCUT2D eigenvalue weighted by Crippen LogP contribution is 2.47. The van der Waals surface area contributed by atoms with Crippen molar-refractivity contribution in [3.63, 3.8) is 0 Å². The van der Waals surface area contributed by atoms with E-state index < -0.39 is 31.4 Å². The zero-order chi connectivity index (χ0) is 42.4. The van der Waals surface area contributed by atoms with Crippen molar-refractivity contribution >= 4 is 38.3 Å². The fourth-order valence-corrected chi connectivity index (χ4v) is 10.4. The lowest BCUT2D eigenvalue weighted by Crippen LogP contribution is -2.45. The summed E-state index contributed by atoms with van der Waals surface area (Å²) in [5.41, 5.74) is 6.01. The Morgan fingerprint density at radius 1 is 0.903 bits per heavy atom. The molecule has 318 valence electrons. The number of fused-ring (bicyclic) bond motifs is 1. The maximum absolute atomic E-state index is 13.9. The standard InChI is InChI=1S/C48H47N5O8S/c54-47(51-62(57,58)38-14-16-44(43(26-38)53(55)56)60-28-31-17-20-48(21-18-31)29-59-30-48)41-15-11-34(25-45(41)61-37-24-35-19-22-49-46(35)50-27-37)32-9-12-36(13-10-32)52-23-3-6-42(52)40-5-2-1-4-39(40)33-7-8-33/h1-2,4-5,9-16,19,22,24-27,31,33,42H,3,6-8,17-18,20-21,23,28-30H2,(H,49,50)(H,51,54)/t42-/m1/s1. The highest BCUT2D eigenvalue weighted by molar-refractivity contribution is 7.90. The topological polar surface area (TPSA) is 166 Å². The van der Waals surface area contributed by atoms with Crippen molar-refractivity contribution in [3.8, 4) is 28.4 Å². The summed E-state index contributed by atoms with van der Waals surface area (Å²) in [4.78, 5) is 34.9. The van der Waals surface area contributed by atoms with Gasteiger partial charge in [-0.15, -0.1) is 0 Å². The number of H-pyrrole nitrogens is 1. The molecule has 6 aromatic rings. The Labute approximate surface area is 359 Å². The number of nitro benzene ring substituents is 1. The van der Waals surface area contributed by atoms with Gasteiger partial charge in [0, 0.05) is 35.3 Å². The van der Waals surface area contributed by atoms with Crippen molar-refractivity contribution in [2.75, 3.05) is 31.3 Å². The van der Waals surface area contributed by atoms with Crippen LogP contribution in [-0.2, 0) is 14.8 Å². The number of rotatable bonds is 13. The first-order valence-electron chi connectivity index (χ1n) is 21.4. The molecule has 2 saturated heterocycles. The number of aromatic amines is 1. The molecule has 0 bridgehead atoms. The minimum absolute atomic E-state index is 0.0287. The van der Waals surface area contributed by atoms with Crippen molar-refractivity contribution in [3.05, 3.63) is 136 Å². The molecule has 4 aliphatic rings. The molecule has 2 aliphatic carbocycles. The normalized spacial score (nSPS) is 18.7. The Morgan fingerprint density at radius 2 is 1.68 bits per heavy atom. The van der Waals surface area contributed by atoms with Gasteiger partial charge in [0.25, 0.3) is 15.9 Å². The quantitative estimate of drug-likeness (QED) is 0.0844. The van der Waals surface area contributed by atoms with Crippen LogP contribution in [0.5, 0.6) is 17.2 Å². The van der Waals surface area contributed by atoms with Crippen LogP contribution in [-0.4, -0.2) is 55.6 Å². The zero-order valence-electron chi connectivity index (χ0n) is 34.1. The van der Waals surface area contributed by atoms with Gasteiger partial charge in [-0.05, 0) is 134 Å². The highest BCUT2D eigenvalue weighted by atomic mass is 32.2. The Hall–Kier alpha value is -6.25. The van der Waals surface area contributed by atoms with Crippen molar-refractivity contribution in [2.24, 2.45) is 11.3 Å². The molecule has 10 rings (SSSR count). The molecule has 13 nitrogen and oxygen atoms in total. The molecule has 62 heavy (non-hydrogen) atoms. The second kappa shape index (κ2) is 16.2. The summed E-state index contributed by atoms with van der Waals surface area (Å²) in [6.07, 6.45) is 11.9. The molecule has 4 fully saturated rings. The van der Waals surface area contributed by atoms with Gasteiger partial charge >= 0.3 is 5.69 Å². The van der Waals surface area contributed by atoms with Crippen LogP contribution in [0.3, 0.4) is 0 Å². The van der Waals surface area contributed by atoms with E-state index in [1.165, 1.54) is 48.4 Å². The summed E-state index contributed by atoms with van der Waals surface area (Å²) < 4.78 is 47.2. The van der Waals surface area contributed by atoms with Crippen LogP contribution in [0.1, 0.15) is 84.8 Å². The average Bonchev–Trinajstić information content (AvgIpc) is 3.81. The lowest BCUT2D eigenvalue weighted by molar-refractivity contribution is -0.386. The third kappa shape index (κ3) is 8.00. The van der Waals surface area contributed by atoms with E-state index in [2.05, 4.69) is 56.0 Å². The van der Waals surface area contributed by atoms with Gasteiger partial charge in [0.1, 0.15) is 17.1 Å². The monoisotopic (exact) mass is 853 g/mol. The number of benzene rings is 4. The molecule has 4 heterocycles. The number of anilines is 1. The van der Waals surface area contributed by atoms with Gasteiger partial charge in [-0.3, -0.25) is 14.9 Å². The highest BCUT2D eigenvalue weighted by Gasteiger charge is 2.42. The van der Waals surface area contributed by atoms with Gasteiger partial charge < -0.3 is 24.1 Å². The summed E-state index contributed by atoms with van der Waals surface area (Å²) in [5, 5.41) is 12.9. The third-order valence-electron chi connectivity index (χ3n) is 13.1. The SMILES string of the molecule is O=C(NS(=O)(=O)c1ccc(OCC2CCC3(CC2)COC3)c([N+](=O)[O-])c1)c1ccc(-c2ccc(N3CCC[C@@H]3c3ccccc3C3CC3)cc2)cc1Oc1cnc2[nH]ccc2c1. The van der Waals surface area contributed by atoms with Crippen LogP contribution in [0.25, 0.3) is 22.2 Å². The second-order valence-corrected chi connectivity index (χ2v) is 19.0. The number of amides is 1. The van der Waals surface area contributed by atoms with Crippen molar-refractivity contribution in [1.29, 1.82) is 0 Å². The van der Waals surface area contributed by atoms with Gasteiger partial charge in [0.15, 0.2) is 5.75 Å². The third-order valence-corrected chi connectivity index (χ3v) is 14.4. The van der Waals surface area contributed by atoms with E-state index in [1.807, 2.05) is 18.2 Å². The Balaban J connectivity index is 0.891. The summed E-state index contributed by atoms with van der Waals surface area (Å²) in [6.45, 7) is 2.82. The number of pyridine rings is 1. The maximum atomic E-state index is 13.9. The van der Waals surface area contributed by atoms with E-state index in [-0.39, 0.29) is 35.0 Å². The number of ether oxygens (including phenoxy) is 3. The maximum Gasteiger partial charge on any atom is 0.312 e. The van der Waals surface area contributed by atoms with Crippen LogP contribution in [0.4, 0.5) is 11.4 Å². The summed E-state index contributed by atoms with van der Waals surface area (Å²) in [7, 11) is -4.59. The molecule has 2 aliphatic heterocycles. The molecule has 1 atom stereocenters. The van der Waals surface area contributed by atoms with Gasteiger partial charge in [-0.25, -0.2) is 18.1 Å². The molecule has 0 unspecified atom stereocenters. The van der Waals surface area contributed by atoms with Crippen molar-refractivity contribution in [1.82, 2.24) is 14.7 Å². The van der Waals surface area contributed by atoms with Gasteiger partial charge in [-0.1, -0.05) is 42.5 Å². The van der Waals surface area contributed by atoms with Crippen LogP contribution in [0.2, 0.25) is 0 Å². The summed E-state index contributed by atoms with van der Waals surface area (Å²) in [5.74, 6) is 0.329. The molecule has 2 saturated carbocycles. The first kappa shape index (κ1) is 39.9.